The van der Waals surface area contributed by atoms with E-state index in [1.54, 1.807) is 0 Å². The molecule has 2 rings (SSSR count). The van der Waals surface area contributed by atoms with Crippen molar-refractivity contribution in [1.29, 1.82) is 0 Å². The summed E-state index contributed by atoms with van der Waals surface area (Å²) in [5, 5.41) is 12.9. The number of nitrogens with zero attached hydrogens (tertiary/aromatic N) is 2. The second-order valence-corrected chi connectivity index (χ2v) is 5.28. The minimum absolute atomic E-state index is 0.0453. The van der Waals surface area contributed by atoms with Crippen molar-refractivity contribution in [2.24, 2.45) is 0 Å². The fraction of sp³-hybridized carbons (Fsp3) is 0.267. The van der Waals surface area contributed by atoms with E-state index >= 15 is 0 Å². The molecule has 0 saturated heterocycles. The summed E-state index contributed by atoms with van der Waals surface area (Å²) in [6.45, 7) is 2.43. The van der Waals surface area contributed by atoms with Crippen molar-refractivity contribution in [3.8, 4) is 0 Å². The van der Waals surface area contributed by atoms with Crippen molar-refractivity contribution in [2.75, 3.05) is 11.9 Å². The second-order valence-electron chi connectivity index (χ2n) is 4.88. The van der Waals surface area contributed by atoms with E-state index in [0.717, 1.165) is 24.6 Å². The molecule has 1 aromatic carbocycles. The maximum absolute atomic E-state index is 12.7. The zero-order chi connectivity index (χ0) is 17.7. The second kappa shape index (κ2) is 7.48. The molecule has 5 nitrogen and oxygen atoms in total. The first-order valence-corrected chi connectivity index (χ1v) is 7.44. The Labute approximate surface area is 141 Å². The van der Waals surface area contributed by atoms with Crippen LogP contribution in [0.4, 0.5) is 24.7 Å². The fourth-order valence-electron chi connectivity index (χ4n) is 1.78. The quantitative estimate of drug-likeness (QED) is 0.846. The largest absolute Gasteiger partial charge is 0.416 e. The summed E-state index contributed by atoms with van der Waals surface area (Å²) in [5.74, 6) is -0.198. The third-order valence-corrected chi connectivity index (χ3v) is 3.32. The zero-order valence-corrected chi connectivity index (χ0v) is 13.4. The topological polar surface area (TPSA) is 66.9 Å². The average molecular weight is 359 g/mol. The number of aromatic nitrogens is 2. The normalized spacial score (nSPS) is 11.2. The first-order valence-electron chi connectivity index (χ1n) is 7.07. The predicted molar refractivity (Wildman–Crippen MR) is 84.4 cm³/mol. The van der Waals surface area contributed by atoms with Gasteiger partial charge in [-0.3, -0.25) is 4.79 Å². The lowest BCUT2D eigenvalue weighted by Crippen LogP contribution is -2.25. The molecule has 0 fully saturated rings. The number of amides is 1. The van der Waals surface area contributed by atoms with Crippen LogP contribution < -0.4 is 10.6 Å². The molecule has 1 amide bonds. The summed E-state index contributed by atoms with van der Waals surface area (Å²) in [6.07, 6.45) is -3.69. The summed E-state index contributed by atoms with van der Waals surface area (Å²) in [7, 11) is 0. The van der Waals surface area contributed by atoms with Gasteiger partial charge in [0.2, 0.25) is 0 Å². The van der Waals surface area contributed by atoms with E-state index in [0.29, 0.717) is 6.54 Å². The SMILES string of the molecule is CCCNC(=O)c1ccc(Nc2cc(C(F)(F)F)ccc2Cl)nn1. The summed E-state index contributed by atoms with van der Waals surface area (Å²) >= 11 is 5.89. The van der Waals surface area contributed by atoms with Gasteiger partial charge < -0.3 is 10.6 Å². The molecule has 0 saturated carbocycles. The van der Waals surface area contributed by atoms with Crippen LogP contribution in [-0.2, 0) is 6.18 Å². The molecule has 128 valence electrons. The highest BCUT2D eigenvalue weighted by Crippen LogP contribution is 2.34. The van der Waals surface area contributed by atoms with Crippen LogP contribution in [0.2, 0.25) is 5.02 Å². The lowest BCUT2D eigenvalue weighted by atomic mass is 10.2. The van der Waals surface area contributed by atoms with Crippen molar-refractivity contribution in [2.45, 2.75) is 19.5 Å². The molecule has 0 aliphatic heterocycles. The maximum Gasteiger partial charge on any atom is 0.416 e. The molecule has 0 radical (unpaired) electrons. The highest BCUT2D eigenvalue weighted by Gasteiger charge is 2.31. The summed E-state index contributed by atoms with van der Waals surface area (Å²) in [4.78, 5) is 11.7. The van der Waals surface area contributed by atoms with Gasteiger partial charge in [0, 0.05) is 6.54 Å². The Balaban J connectivity index is 2.15. The number of hydrogen-bond acceptors (Lipinski definition) is 4. The van der Waals surface area contributed by atoms with Crippen LogP contribution in [0.1, 0.15) is 29.4 Å². The van der Waals surface area contributed by atoms with Gasteiger partial charge in [-0.1, -0.05) is 18.5 Å². The van der Waals surface area contributed by atoms with Gasteiger partial charge in [0.05, 0.1) is 16.3 Å². The van der Waals surface area contributed by atoms with Crippen LogP contribution in [0.3, 0.4) is 0 Å². The van der Waals surface area contributed by atoms with Crippen LogP contribution in [0, 0.1) is 0 Å². The zero-order valence-electron chi connectivity index (χ0n) is 12.6. The number of carbonyl (C=O) groups excluding carboxylic acids is 1. The number of rotatable bonds is 5. The van der Waals surface area contributed by atoms with E-state index in [4.69, 9.17) is 11.6 Å². The molecule has 0 spiro atoms. The van der Waals surface area contributed by atoms with E-state index in [2.05, 4.69) is 20.8 Å². The number of alkyl halides is 3. The van der Waals surface area contributed by atoms with Crippen LogP contribution in [-0.4, -0.2) is 22.6 Å². The minimum atomic E-state index is -4.48. The minimum Gasteiger partial charge on any atom is -0.351 e. The van der Waals surface area contributed by atoms with Gasteiger partial charge in [-0.2, -0.15) is 13.2 Å². The van der Waals surface area contributed by atoms with Gasteiger partial charge in [-0.25, -0.2) is 0 Å². The molecule has 24 heavy (non-hydrogen) atoms. The average Bonchev–Trinajstić information content (AvgIpc) is 2.54. The lowest BCUT2D eigenvalue weighted by Gasteiger charge is -2.11. The predicted octanol–water partition coefficient (Wildman–Crippen LogP) is 4.03. The number of anilines is 2. The monoisotopic (exact) mass is 358 g/mol. The number of benzene rings is 1. The van der Waals surface area contributed by atoms with Crippen LogP contribution in [0.15, 0.2) is 30.3 Å². The molecule has 0 aliphatic rings. The van der Waals surface area contributed by atoms with Crippen molar-refractivity contribution in [3.63, 3.8) is 0 Å². The Kier molecular flexibility index (Phi) is 5.61. The standard InChI is InChI=1S/C15H14ClF3N4O/c1-2-7-20-14(24)11-5-6-13(23-22-11)21-12-8-9(15(17,18)19)3-4-10(12)16/h3-6,8H,2,7H2,1H3,(H,20,24)(H,21,23). The van der Waals surface area contributed by atoms with E-state index in [1.807, 2.05) is 6.92 Å². The third kappa shape index (κ3) is 4.58. The summed E-state index contributed by atoms with van der Waals surface area (Å²) in [5.41, 5.74) is -0.675. The highest BCUT2D eigenvalue weighted by atomic mass is 35.5. The Morgan fingerprint density at radius 3 is 2.54 bits per heavy atom. The lowest BCUT2D eigenvalue weighted by molar-refractivity contribution is -0.137. The van der Waals surface area contributed by atoms with Crippen molar-refractivity contribution in [1.82, 2.24) is 15.5 Å². The molecule has 9 heteroatoms. The first-order chi connectivity index (χ1) is 11.3. The third-order valence-electron chi connectivity index (χ3n) is 2.99. The molecular weight excluding hydrogens is 345 g/mol. The number of halogens is 4. The van der Waals surface area contributed by atoms with Gasteiger partial charge in [-0.15, -0.1) is 10.2 Å². The van der Waals surface area contributed by atoms with Gasteiger partial charge in [0.1, 0.15) is 0 Å². The molecule has 1 heterocycles. The Morgan fingerprint density at radius 2 is 1.96 bits per heavy atom. The van der Waals surface area contributed by atoms with Crippen molar-refractivity contribution >= 4 is 29.0 Å². The Morgan fingerprint density at radius 1 is 1.21 bits per heavy atom. The molecule has 0 atom stereocenters. The first kappa shape index (κ1) is 18.0. The highest BCUT2D eigenvalue weighted by molar-refractivity contribution is 6.33. The maximum atomic E-state index is 12.7. The van der Waals surface area contributed by atoms with E-state index in [1.165, 1.54) is 12.1 Å². The Bertz CT molecular complexity index is 720. The van der Waals surface area contributed by atoms with Gasteiger partial charge in [-0.05, 0) is 36.8 Å². The molecule has 2 aromatic rings. The van der Waals surface area contributed by atoms with Crippen LogP contribution >= 0.6 is 11.6 Å². The number of nitrogens with one attached hydrogen (secondary N) is 2. The number of carbonyl (C=O) groups is 1. The van der Waals surface area contributed by atoms with Gasteiger partial charge >= 0.3 is 6.18 Å². The van der Waals surface area contributed by atoms with Crippen molar-refractivity contribution in [3.05, 3.63) is 46.6 Å². The van der Waals surface area contributed by atoms with E-state index in [-0.39, 0.29) is 28.1 Å². The molecule has 0 aliphatic carbocycles. The fourth-order valence-corrected chi connectivity index (χ4v) is 1.95. The molecule has 0 bridgehead atoms. The van der Waals surface area contributed by atoms with E-state index in [9.17, 15) is 18.0 Å². The molecular formula is C15H14ClF3N4O. The summed E-state index contributed by atoms with van der Waals surface area (Å²) < 4.78 is 38.2. The van der Waals surface area contributed by atoms with Crippen molar-refractivity contribution < 1.29 is 18.0 Å². The van der Waals surface area contributed by atoms with Crippen LogP contribution in [0.25, 0.3) is 0 Å². The van der Waals surface area contributed by atoms with Gasteiger partial charge in [0.25, 0.3) is 5.91 Å². The molecule has 0 unspecified atom stereocenters. The van der Waals surface area contributed by atoms with E-state index < -0.39 is 11.7 Å². The van der Waals surface area contributed by atoms with Gasteiger partial charge in [0.15, 0.2) is 11.5 Å². The smallest absolute Gasteiger partial charge is 0.351 e. The summed E-state index contributed by atoms with van der Waals surface area (Å²) in [6, 6.07) is 5.77. The molecule has 1 aromatic heterocycles. The number of hydrogen-bond donors (Lipinski definition) is 2. The molecule has 2 N–H and O–H groups in total. The van der Waals surface area contributed by atoms with Crippen LogP contribution in [0.5, 0.6) is 0 Å². The Hall–Kier alpha value is -2.35.